The van der Waals surface area contributed by atoms with E-state index < -0.39 is 0 Å². The molecule has 0 spiro atoms. The summed E-state index contributed by atoms with van der Waals surface area (Å²) in [5.74, 6) is 2.65. The molecule has 1 N–H and O–H groups in total. The van der Waals surface area contributed by atoms with Gasteiger partial charge < -0.3 is 5.32 Å². The summed E-state index contributed by atoms with van der Waals surface area (Å²) in [5.41, 5.74) is 5.65. The Bertz CT molecular complexity index is 713. The summed E-state index contributed by atoms with van der Waals surface area (Å²) < 4.78 is 1.89. The van der Waals surface area contributed by atoms with Crippen LogP contribution in [0.1, 0.15) is 36.2 Å². The van der Waals surface area contributed by atoms with Crippen LogP contribution in [-0.2, 0) is 16.3 Å². The van der Waals surface area contributed by atoms with Gasteiger partial charge in [-0.3, -0.25) is 4.79 Å². The molecule has 2 aromatic rings. The number of amides is 1. The molecule has 1 amide bonds. The predicted octanol–water partition coefficient (Wildman–Crippen LogP) is 3.83. The molecule has 1 aromatic carbocycles. The average molecular weight is 315 g/mol. The van der Waals surface area contributed by atoms with Crippen molar-refractivity contribution >= 4 is 23.5 Å². The third kappa shape index (κ3) is 2.77. The van der Waals surface area contributed by atoms with Crippen molar-refractivity contribution in [2.45, 2.75) is 39.2 Å². The molecule has 0 aliphatic carbocycles. The lowest BCUT2D eigenvalue weighted by Crippen LogP contribution is -2.20. The maximum absolute atomic E-state index is 12.2. The lowest BCUT2D eigenvalue weighted by molar-refractivity contribution is -0.118. The van der Waals surface area contributed by atoms with Crippen LogP contribution < -0.4 is 5.32 Å². The van der Waals surface area contributed by atoms with Crippen LogP contribution in [-0.4, -0.2) is 15.7 Å². The maximum Gasteiger partial charge on any atom is 0.228 e. The zero-order valence-electron chi connectivity index (χ0n) is 13.4. The Morgan fingerprint density at radius 2 is 1.91 bits per heavy atom. The van der Waals surface area contributed by atoms with E-state index in [0.717, 1.165) is 34.3 Å². The van der Waals surface area contributed by atoms with Crippen LogP contribution in [0.4, 0.5) is 5.82 Å². The van der Waals surface area contributed by atoms with E-state index in [0.29, 0.717) is 0 Å². The molecule has 1 aromatic heterocycles. The van der Waals surface area contributed by atoms with Crippen LogP contribution in [0.3, 0.4) is 0 Å². The summed E-state index contributed by atoms with van der Waals surface area (Å²) >= 11 is 1.84. The van der Waals surface area contributed by atoms with E-state index in [-0.39, 0.29) is 11.8 Å². The van der Waals surface area contributed by atoms with E-state index in [9.17, 15) is 4.79 Å². The maximum atomic E-state index is 12.2. The number of aromatic nitrogens is 2. The van der Waals surface area contributed by atoms with Crippen molar-refractivity contribution in [1.82, 2.24) is 9.78 Å². The second kappa shape index (κ2) is 5.80. The zero-order valence-corrected chi connectivity index (χ0v) is 14.3. The van der Waals surface area contributed by atoms with Crippen molar-refractivity contribution in [2.75, 3.05) is 5.32 Å². The molecule has 2 heterocycles. The molecule has 5 heteroatoms. The fourth-order valence-electron chi connectivity index (χ4n) is 2.66. The monoisotopic (exact) mass is 315 g/mol. The van der Waals surface area contributed by atoms with Gasteiger partial charge in [0.2, 0.25) is 5.91 Å². The summed E-state index contributed by atoms with van der Waals surface area (Å²) in [6.07, 6.45) is 0. The van der Waals surface area contributed by atoms with Gasteiger partial charge in [0.05, 0.1) is 11.4 Å². The number of anilines is 1. The molecule has 4 nitrogen and oxygen atoms in total. The number of benzene rings is 1. The molecular formula is C17H21N3OS. The van der Waals surface area contributed by atoms with Crippen molar-refractivity contribution in [1.29, 1.82) is 0 Å². The number of nitrogens with zero attached hydrogens (tertiary/aromatic N) is 2. The van der Waals surface area contributed by atoms with E-state index >= 15 is 0 Å². The topological polar surface area (TPSA) is 46.9 Å². The summed E-state index contributed by atoms with van der Waals surface area (Å²) in [5, 5.41) is 7.81. The summed E-state index contributed by atoms with van der Waals surface area (Å²) in [6.45, 7) is 7.97. The van der Waals surface area contributed by atoms with Crippen molar-refractivity contribution in [3.63, 3.8) is 0 Å². The summed E-state index contributed by atoms with van der Waals surface area (Å²) in [4.78, 5) is 12.2. The minimum absolute atomic E-state index is 0.0326. The molecule has 0 atom stereocenters. The van der Waals surface area contributed by atoms with Crippen LogP contribution in [0, 0.1) is 19.8 Å². The Hall–Kier alpha value is -1.75. The molecule has 0 saturated heterocycles. The van der Waals surface area contributed by atoms with E-state index in [1.54, 1.807) is 0 Å². The number of carbonyl (C=O) groups excluding carboxylic acids is 1. The number of rotatable bonds is 3. The van der Waals surface area contributed by atoms with Crippen LogP contribution in [0.2, 0.25) is 0 Å². The number of nitrogens with one attached hydrogen (secondary N) is 1. The van der Waals surface area contributed by atoms with E-state index in [2.05, 4.69) is 37.4 Å². The van der Waals surface area contributed by atoms with Crippen LogP contribution >= 0.6 is 11.8 Å². The number of fused-ring (bicyclic) bond motifs is 1. The van der Waals surface area contributed by atoms with Gasteiger partial charge in [0.1, 0.15) is 5.82 Å². The SMILES string of the molecule is Cc1cc(C)cc(-n2nc3c(c2NC(=O)C(C)C)CSC3)c1. The highest BCUT2D eigenvalue weighted by Crippen LogP contribution is 2.36. The summed E-state index contributed by atoms with van der Waals surface area (Å²) in [6, 6.07) is 6.35. The second-order valence-electron chi connectivity index (χ2n) is 6.17. The largest absolute Gasteiger partial charge is 0.310 e. The highest BCUT2D eigenvalue weighted by Gasteiger charge is 2.25. The third-order valence-electron chi connectivity index (χ3n) is 3.77. The van der Waals surface area contributed by atoms with Gasteiger partial charge in [-0.1, -0.05) is 19.9 Å². The van der Waals surface area contributed by atoms with Crippen LogP contribution in [0.15, 0.2) is 18.2 Å². The minimum Gasteiger partial charge on any atom is -0.310 e. The Labute approximate surface area is 135 Å². The van der Waals surface area contributed by atoms with Crippen LogP contribution in [0.25, 0.3) is 5.69 Å². The van der Waals surface area contributed by atoms with Crippen molar-refractivity contribution in [3.05, 3.63) is 40.6 Å². The highest BCUT2D eigenvalue weighted by atomic mass is 32.2. The van der Waals surface area contributed by atoms with Gasteiger partial charge in [-0.05, 0) is 37.1 Å². The zero-order chi connectivity index (χ0) is 15.9. The number of aryl methyl sites for hydroxylation is 2. The first kappa shape index (κ1) is 15.2. The molecular weight excluding hydrogens is 294 g/mol. The number of hydrogen-bond acceptors (Lipinski definition) is 3. The Morgan fingerprint density at radius 1 is 1.23 bits per heavy atom. The number of hydrogen-bond donors (Lipinski definition) is 1. The molecule has 1 aliphatic rings. The lowest BCUT2D eigenvalue weighted by Gasteiger charge is -2.13. The molecule has 1 aliphatic heterocycles. The lowest BCUT2D eigenvalue weighted by atomic mass is 10.1. The molecule has 0 fully saturated rings. The van der Waals surface area contributed by atoms with Gasteiger partial charge in [0.25, 0.3) is 0 Å². The van der Waals surface area contributed by atoms with Crippen LogP contribution in [0.5, 0.6) is 0 Å². The van der Waals surface area contributed by atoms with Gasteiger partial charge in [0, 0.05) is 23.0 Å². The minimum atomic E-state index is -0.0488. The first-order valence-corrected chi connectivity index (χ1v) is 8.69. The molecule has 0 saturated carbocycles. The van der Waals surface area contributed by atoms with Gasteiger partial charge in [-0.25, -0.2) is 4.68 Å². The highest BCUT2D eigenvalue weighted by molar-refractivity contribution is 7.98. The standard InChI is InChI=1S/C17H21N3OS/c1-10(2)17(21)18-16-14-8-22-9-15(14)19-20(16)13-6-11(3)5-12(4)7-13/h5-7,10H,8-9H2,1-4H3,(H,18,21). The normalized spacial score (nSPS) is 13.5. The van der Waals surface area contributed by atoms with Gasteiger partial charge in [-0.15, -0.1) is 0 Å². The number of carbonyl (C=O) groups is 1. The van der Waals surface area contributed by atoms with Gasteiger partial charge in [-0.2, -0.15) is 16.9 Å². The average Bonchev–Trinajstić information content (AvgIpc) is 3.00. The molecule has 0 radical (unpaired) electrons. The molecule has 116 valence electrons. The third-order valence-corrected chi connectivity index (χ3v) is 4.74. The van der Waals surface area contributed by atoms with E-state index in [1.165, 1.54) is 11.1 Å². The van der Waals surface area contributed by atoms with E-state index in [4.69, 9.17) is 5.10 Å². The Kier molecular flexibility index (Phi) is 4.00. The second-order valence-corrected chi connectivity index (χ2v) is 7.15. The molecule has 22 heavy (non-hydrogen) atoms. The predicted molar refractivity (Wildman–Crippen MR) is 91.5 cm³/mol. The summed E-state index contributed by atoms with van der Waals surface area (Å²) in [7, 11) is 0. The quantitative estimate of drug-likeness (QED) is 0.936. The van der Waals surface area contributed by atoms with Crippen molar-refractivity contribution in [3.8, 4) is 5.69 Å². The first-order chi connectivity index (χ1) is 10.5. The Morgan fingerprint density at radius 3 is 2.55 bits per heavy atom. The molecule has 0 bridgehead atoms. The van der Waals surface area contributed by atoms with Gasteiger partial charge >= 0.3 is 0 Å². The Balaban J connectivity index is 2.09. The number of thioether (sulfide) groups is 1. The first-order valence-electron chi connectivity index (χ1n) is 7.53. The smallest absolute Gasteiger partial charge is 0.228 e. The van der Waals surface area contributed by atoms with Crippen molar-refractivity contribution in [2.24, 2.45) is 5.92 Å². The molecule has 3 rings (SSSR count). The molecule has 0 unspecified atom stereocenters. The fraction of sp³-hybridized carbons (Fsp3) is 0.412. The fourth-order valence-corrected chi connectivity index (χ4v) is 3.70. The van der Waals surface area contributed by atoms with Gasteiger partial charge in [0.15, 0.2) is 0 Å². The van der Waals surface area contributed by atoms with Crippen molar-refractivity contribution < 1.29 is 4.79 Å². The van der Waals surface area contributed by atoms with E-state index in [1.807, 2.05) is 30.3 Å².